The average Bonchev–Trinajstić information content (AvgIpc) is 2.30. The lowest BCUT2D eigenvalue weighted by Crippen LogP contribution is -2.34. The van der Waals surface area contributed by atoms with Crippen LogP contribution in [0.15, 0.2) is 0 Å². The van der Waals surface area contributed by atoms with Gasteiger partial charge in [0.15, 0.2) is 0 Å². The molecule has 2 N–H and O–H groups in total. The molecule has 0 heterocycles. The minimum Gasteiger partial charge on any atom is -0.380 e. The van der Waals surface area contributed by atoms with Crippen molar-refractivity contribution in [2.45, 2.75) is 20.3 Å². The van der Waals surface area contributed by atoms with E-state index in [1.165, 1.54) is 0 Å². The zero-order chi connectivity index (χ0) is 12.9. The number of hydrogen-bond acceptors (Lipinski definition) is 4. The van der Waals surface area contributed by atoms with Gasteiger partial charge in [0, 0.05) is 26.3 Å². The summed E-state index contributed by atoms with van der Waals surface area (Å²) in [6.07, 6.45) is -0.155. The molecule has 0 atom stereocenters. The van der Waals surface area contributed by atoms with E-state index in [9.17, 15) is 9.59 Å². The number of carbonyl (C=O) groups is 2. The fraction of sp³-hybridized carbons (Fsp3) is 0.818. The number of rotatable bonds is 10. The Morgan fingerprint density at radius 1 is 0.882 bits per heavy atom. The summed E-state index contributed by atoms with van der Waals surface area (Å²) in [5.41, 5.74) is 0. The molecule has 17 heavy (non-hydrogen) atoms. The van der Waals surface area contributed by atoms with Gasteiger partial charge >= 0.3 is 0 Å². The van der Waals surface area contributed by atoms with E-state index in [-0.39, 0.29) is 18.2 Å². The highest BCUT2D eigenvalue weighted by Gasteiger charge is 2.07. The summed E-state index contributed by atoms with van der Waals surface area (Å²) in [5.74, 6) is -0.586. The smallest absolute Gasteiger partial charge is 0.229 e. The highest BCUT2D eigenvalue weighted by molar-refractivity contribution is 5.96. The first-order chi connectivity index (χ1) is 8.20. The maximum absolute atomic E-state index is 11.2. The predicted octanol–water partition coefficient (Wildman–Crippen LogP) is -0.318. The summed E-state index contributed by atoms with van der Waals surface area (Å²) in [5, 5.41) is 5.19. The quantitative estimate of drug-likeness (QED) is 0.409. The Morgan fingerprint density at radius 3 is 1.65 bits per heavy atom. The molecule has 0 radical (unpaired) electrons. The van der Waals surface area contributed by atoms with Crippen LogP contribution in [0.25, 0.3) is 0 Å². The Kier molecular flexibility index (Phi) is 10.6. The Labute approximate surface area is 102 Å². The maximum atomic E-state index is 11.2. The first-order valence-electron chi connectivity index (χ1n) is 5.89. The third-order valence-corrected chi connectivity index (χ3v) is 1.87. The van der Waals surface area contributed by atoms with E-state index in [0.717, 1.165) is 0 Å². The van der Waals surface area contributed by atoms with Crippen molar-refractivity contribution >= 4 is 11.8 Å². The molecular formula is C11H22N2O4. The van der Waals surface area contributed by atoms with Crippen LogP contribution in [0.1, 0.15) is 20.3 Å². The summed E-state index contributed by atoms with van der Waals surface area (Å²) < 4.78 is 10.1. The van der Waals surface area contributed by atoms with E-state index in [1.807, 2.05) is 13.8 Å². The molecule has 0 aromatic heterocycles. The summed E-state index contributed by atoms with van der Waals surface area (Å²) in [4.78, 5) is 22.5. The number of carbonyl (C=O) groups excluding carboxylic acids is 2. The molecular weight excluding hydrogens is 224 g/mol. The SMILES string of the molecule is CCOCCNC(=O)CC(=O)NCCOCC. The van der Waals surface area contributed by atoms with Crippen LogP contribution in [0.2, 0.25) is 0 Å². The molecule has 2 amide bonds. The van der Waals surface area contributed by atoms with Gasteiger partial charge in [-0.3, -0.25) is 9.59 Å². The largest absolute Gasteiger partial charge is 0.380 e. The second kappa shape index (κ2) is 11.3. The molecule has 6 heteroatoms. The molecule has 100 valence electrons. The van der Waals surface area contributed by atoms with Gasteiger partial charge in [0.1, 0.15) is 6.42 Å². The van der Waals surface area contributed by atoms with E-state index < -0.39 is 0 Å². The van der Waals surface area contributed by atoms with Crippen molar-refractivity contribution in [3.8, 4) is 0 Å². The van der Waals surface area contributed by atoms with Crippen molar-refractivity contribution in [3.05, 3.63) is 0 Å². The molecule has 0 spiro atoms. The Balaban J connectivity index is 3.42. The van der Waals surface area contributed by atoms with Crippen LogP contribution in [0.3, 0.4) is 0 Å². The van der Waals surface area contributed by atoms with Crippen molar-refractivity contribution in [2.75, 3.05) is 39.5 Å². The van der Waals surface area contributed by atoms with Crippen LogP contribution in [0.5, 0.6) is 0 Å². The normalized spacial score (nSPS) is 10.0. The fourth-order valence-corrected chi connectivity index (χ4v) is 1.08. The first kappa shape index (κ1) is 15.9. The first-order valence-corrected chi connectivity index (χ1v) is 5.89. The topological polar surface area (TPSA) is 76.7 Å². The highest BCUT2D eigenvalue weighted by Crippen LogP contribution is 1.81. The van der Waals surface area contributed by atoms with Crippen molar-refractivity contribution in [1.82, 2.24) is 10.6 Å². The number of nitrogens with one attached hydrogen (secondary N) is 2. The van der Waals surface area contributed by atoms with Gasteiger partial charge in [-0.1, -0.05) is 0 Å². The van der Waals surface area contributed by atoms with Crippen molar-refractivity contribution < 1.29 is 19.1 Å². The summed E-state index contributed by atoms with van der Waals surface area (Å²) >= 11 is 0. The molecule has 0 saturated heterocycles. The Bertz CT molecular complexity index is 200. The fourth-order valence-electron chi connectivity index (χ4n) is 1.08. The molecule has 6 nitrogen and oxygen atoms in total. The monoisotopic (exact) mass is 246 g/mol. The van der Waals surface area contributed by atoms with Gasteiger partial charge in [0.2, 0.25) is 11.8 Å². The maximum Gasteiger partial charge on any atom is 0.229 e. The van der Waals surface area contributed by atoms with Gasteiger partial charge < -0.3 is 20.1 Å². The molecule has 0 aliphatic carbocycles. The average molecular weight is 246 g/mol. The van der Waals surface area contributed by atoms with Crippen LogP contribution in [-0.2, 0) is 19.1 Å². The van der Waals surface area contributed by atoms with E-state index >= 15 is 0 Å². The van der Waals surface area contributed by atoms with Gasteiger partial charge in [0.25, 0.3) is 0 Å². The summed E-state index contributed by atoms with van der Waals surface area (Å²) in [7, 11) is 0. The van der Waals surface area contributed by atoms with Crippen LogP contribution < -0.4 is 10.6 Å². The third kappa shape index (κ3) is 11.1. The van der Waals surface area contributed by atoms with Gasteiger partial charge in [-0.05, 0) is 13.8 Å². The van der Waals surface area contributed by atoms with Crippen molar-refractivity contribution in [2.24, 2.45) is 0 Å². The van der Waals surface area contributed by atoms with Gasteiger partial charge in [-0.15, -0.1) is 0 Å². The molecule has 0 aliphatic rings. The molecule has 0 rings (SSSR count). The molecule has 0 unspecified atom stereocenters. The van der Waals surface area contributed by atoms with Crippen LogP contribution >= 0.6 is 0 Å². The van der Waals surface area contributed by atoms with Crippen LogP contribution in [0.4, 0.5) is 0 Å². The lowest BCUT2D eigenvalue weighted by atomic mass is 10.3. The third-order valence-electron chi connectivity index (χ3n) is 1.87. The van der Waals surface area contributed by atoms with Gasteiger partial charge in [-0.25, -0.2) is 0 Å². The van der Waals surface area contributed by atoms with Gasteiger partial charge in [0.05, 0.1) is 13.2 Å². The molecule has 0 aromatic rings. The standard InChI is InChI=1S/C11H22N2O4/c1-3-16-7-5-12-10(14)9-11(15)13-6-8-17-4-2/h3-9H2,1-2H3,(H,12,14)(H,13,15). The molecule has 0 aliphatic heterocycles. The second-order valence-electron chi connectivity index (χ2n) is 3.27. The lowest BCUT2D eigenvalue weighted by molar-refractivity contribution is -0.129. The highest BCUT2D eigenvalue weighted by atomic mass is 16.5. The van der Waals surface area contributed by atoms with E-state index in [2.05, 4.69) is 10.6 Å². The van der Waals surface area contributed by atoms with E-state index in [0.29, 0.717) is 39.5 Å². The minimum absolute atomic E-state index is 0.155. The second-order valence-corrected chi connectivity index (χ2v) is 3.27. The zero-order valence-electron chi connectivity index (χ0n) is 10.6. The number of amides is 2. The summed E-state index contributed by atoms with van der Waals surface area (Å²) in [6, 6.07) is 0. The summed E-state index contributed by atoms with van der Waals surface area (Å²) in [6.45, 7) is 6.79. The predicted molar refractivity (Wildman–Crippen MR) is 63.6 cm³/mol. The van der Waals surface area contributed by atoms with Crippen molar-refractivity contribution in [1.29, 1.82) is 0 Å². The minimum atomic E-state index is -0.293. The Morgan fingerprint density at radius 2 is 1.29 bits per heavy atom. The number of hydrogen-bond donors (Lipinski definition) is 2. The van der Waals surface area contributed by atoms with E-state index in [1.54, 1.807) is 0 Å². The number of ether oxygens (including phenoxy) is 2. The van der Waals surface area contributed by atoms with E-state index in [4.69, 9.17) is 9.47 Å². The molecule has 0 bridgehead atoms. The Hall–Kier alpha value is -1.14. The molecule has 0 saturated carbocycles. The van der Waals surface area contributed by atoms with Crippen LogP contribution in [-0.4, -0.2) is 51.3 Å². The van der Waals surface area contributed by atoms with Crippen LogP contribution in [0, 0.1) is 0 Å². The zero-order valence-corrected chi connectivity index (χ0v) is 10.6. The molecule has 0 fully saturated rings. The van der Waals surface area contributed by atoms with Crippen molar-refractivity contribution in [3.63, 3.8) is 0 Å². The lowest BCUT2D eigenvalue weighted by Gasteiger charge is -2.06. The van der Waals surface area contributed by atoms with Gasteiger partial charge in [-0.2, -0.15) is 0 Å². The molecule has 0 aromatic carbocycles.